The molecule has 0 spiro atoms. The molecule has 1 fully saturated rings. The molecule has 0 heterocycles. The normalized spacial score (nSPS) is 20.1. The van der Waals surface area contributed by atoms with Crippen molar-refractivity contribution < 1.29 is 23.1 Å². The van der Waals surface area contributed by atoms with Gasteiger partial charge in [-0.3, -0.25) is 14.6 Å². The first kappa shape index (κ1) is 25.5. The number of nitrogens with one attached hydrogen (secondary N) is 2. The summed E-state index contributed by atoms with van der Waals surface area (Å²) < 4.78 is 28.8. The lowest BCUT2D eigenvalue weighted by molar-refractivity contribution is -0.115. The Kier molecular flexibility index (Phi) is 8.92. The second kappa shape index (κ2) is 11.2. The fourth-order valence-electron chi connectivity index (χ4n) is 3.95. The number of ether oxygens (including phenoxy) is 1. The summed E-state index contributed by atoms with van der Waals surface area (Å²) in [6, 6.07) is 5.39. The van der Waals surface area contributed by atoms with Crippen molar-refractivity contribution in [2.75, 3.05) is 7.05 Å². The van der Waals surface area contributed by atoms with Crippen LogP contribution in [-0.2, 0) is 4.79 Å². The monoisotopic (exact) mass is 449 g/mol. The maximum absolute atomic E-state index is 12.9. The zero-order chi connectivity index (χ0) is 23.9. The third-order valence-corrected chi connectivity index (χ3v) is 5.86. The smallest absolute Gasteiger partial charge is 0.387 e. The van der Waals surface area contributed by atoms with Crippen LogP contribution in [0.3, 0.4) is 0 Å². The molecule has 176 valence electrons. The summed E-state index contributed by atoms with van der Waals surface area (Å²) in [5.41, 5.74) is 0.919. The highest BCUT2D eigenvalue weighted by Crippen LogP contribution is 2.37. The molecule has 1 saturated carbocycles. The predicted molar refractivity (Wildman–Crippen MR) is 121 cm³/mol. The Morgan fingerprint density at radius 1 is 1.12 bits per heavy atom. The van der Waals surface area contributed by atoms with E-state index in [2.05, 4.69) is 41.1 Å². The summed E-state index contributed by atoms with van der Waals surface area (Å²) in [6.07, 6.45) is 5.55. The molecule has 2 amide bonds. The summed E-state index contributed by atoms with van der Waals surface area (Å²) in [5, 5.41) is 5.73. The number of aliphatic imine (C=N–C) groups is 1. The number of carbonyl (C=O) groups is 2. The predicted octanol–water partition coefficient (Wildman–Crippen LogP) is 4.71. The van der Waals surface area contributed by atoms with Gasteiger partial charge in [0.15, 0.2) is 0 Å². The summed E-state index contributed by atoms with van der Waals surface area (Å²) in [4.78, 5) is 29.5. The number of hydrogen-bond acceptors (Lipinski definition) is 4. The van der Waals surface area contributed by atoms with E-state index in [-0.39, 0.29) is 40.1 Å². The molecular weight excluding hydrogens is 416 g/mol. The van der Waals surface area contributed by atoms with Crippen LogP contribution in [0.1, 0.15) is 63.7 Å². The van der Waals surface area contributed by atoms with Gasteiger partial charge in [-0.2, -0.15) is 8.78 Å². The summed E-state index contributed by atoms with van der Waals surface area (Å²) in [7, 11) is 1.50. The van der Waals surface area contributed by atoms with Crippen molar-refractivity contribution in [3.05, 3.63) is 41.6 Å². The molecule has 6 nitrogen and oxygen atoms in total. The summed E-state index contributed by atoms with van der Waals surface area (Å²) >= 11 is 0. The first-order valence-corrected chi connectivity index (χ1v) is 10.9. The lowest BCUT2D eigenvalue weighted by Gasteiger charge is -2.37. The quantitative estimate of drug-likeness (QED) is 0.592. The molecule has 1 aliphatic carbocycles. The van der Waals surface area contributed by atoms with Crippen molar-refractivity contribution in [3.8, 4) is 5.75 Å². The average Bonchev–Trinajstić information content (AvgIpc) is 2.73. The molecule has 2 rings (SSSR count). The van der Waals surface area contributed by atoms with Crippen molar-refractivity contribution in [3.63, 3.8) is 0 Å². The van der Waals surface area contributed by atoms with Crippen molar-refractivity contribution in [1.29, 1.82) is 0 Å². The van der Waals surface area contributed by atoms with E-state index >= 15 is 0 Å². The molecule has 0 atom stereocenters. The number of rotatable bonds is 7. The van der Waals surface area contributed by atoms with Crippen LogP contribution in [0, 0.1) is 11.3 Å². The first-order chi connectivity index (χ1) is 15.0. The average molecular weight is 450 g/mol. The second-order valence-corrected chi connectivity index (χ2v) is 9.02. The number of benzene rings is 1. The molecule has 0 radical (unpaired) electrons. The van der Waals surface area contributed by atoms with Crippen LogP contribution in [0.2, 0.25) is 0 Å². The molecule has 0 saturated heterocycles. The fourth-order valence-corrected chi connectivity index (χ4v) is 3.95. The minimum absolute atomic E-state index is 0.0424. The number of alkyl halides is 2. The van der Waals surface area contributed by atoms with Gasteiger partial charge in [-0.05, 0) is 68.2 Å². The van der Waals surface area contributed by atoms with Gasteiger partial charge in [0.05, 0.1) is 5.70 Å². The number of carbonyl (C=O) groups excluding carboxylic acids is 2. The van der Waals surface area contributed by atoms with Crippen LogP contribution >= 0.6 is 0 Å². The van der Waals surface area contributed by atoms with Crippen molar-refractivity contribution >= 4 is 17.5 Å². The van der Waals surface area contributed by atoms with Gasteiger partial charge in [-0.1, -0.05) is 26.8 Å². The maximum atomic E-state index is 12.9. The van der Waals surface area contributed by atoms with Gasteiger partial charge in [0, 0.05) is 18.7 Å². The number of allylic oxidation sites excluding steroid dienone is 1. The molecule has 1 aliphatic rings. The van der Waals surface area contributed by atoms with Gasteiger partial charge in [-0.15, -0.1) is 0 Å². The van der Waals surface area contributed by atoms with Gasteiger partial charge < -0.3 is 15.4 Å². The lowest BCUT2D eigenvalue weighted by atomic mass is 9.71. The Balaban J connectivity index is 1.98. The molecule has 32 heavy (non-hydrogen) atoms. The van der Waals surface area contributed by atoms with Crippen LogP contribution in [-0.4, -0.2) is 37.2 Å². The molecule has 0 aromatic heterocycles. The molecule has 0 aliphatic heterocycles. The Labute approximate surface area is 188 Å². The fraction of sp³-hybridized carbons (Fsp3) is 0.542. The highest BCUT2D eigenvalue weighted by molar-refractivity contribution is 6.45. The largest absolute Gasteiger partial charge is 0.435 e. The van der Waals surface area contributed by atoms with E-state index < -0.39 is 12.5 Å². The van der Waals surface area contributed by atoms with Crippen molar-refractivity contribution in [1.82, 2.24) is 10.6 Å². The molecular formula is C24H33F2N3O3. The number of halogens is 2. The molecule has 0 unspecified atom stereocenters. The highest BCUT2D eigenvalue weighted by atomic mass is 19.3. The Morgan fingerprint density at radius 3 is 2.19 bits per heavy atom. The topological polar surface area (TPSA) is 79.8 Å². The van der Waals surface area contributed by atoms with Gasteiger partial charge in [0.1, 0.15) is 11.5 Å². The van der Waals surface area contributed by atoms with Gasteiger partial charge in [0.2, 0.25) is 0 Å². The van der Waals surface area contributed by atoms with Crippen LogP contribution < -0.4 is 15.4 Å². The van der Waals surface area contributed by atoms with Crippen LogP contribution in [0.5, 0.6) is 5.75 Å². The van der Waals surface area contributed by atoms with Gasteiger partial charge in [-0.25, -0.2) is 0 Å². The Hall–Kier alpha value is -2.77. The number of amides is 2. The minimum atomic E-state index is -2.94. The Bertz CT molecular complexity index is 850. The molecule has 8 heteroatoms. The summed E-state index contributed by atoms with van der Waals surface area (Å²) in [5.74, 6) is -0.223. The first-order valence-electron chi connectivity index (χ1n) is 10.9. The molecule has 1 aromatic carbocycles. The lowest BCUT2D eigenvalue weighted by Crippen LogP contribution is -2.44. The zero-order valence-corrected chi connectivity index (χ0v) is 19.4. The molecule has 2 N–H and O–H groups in total. The van der Waals surface area contributed by atoms with E-state index in [0.29, 0.717) is 5.92 Å². The SMILES string of the molecule is C/C=C(/NC(=O)c1ccc(OC(F)F)cc1)C(=NC)C(=O)NC1CCC(C(C)(C)C)CC1. The van der Waals surface area contributed by atoms with E-state index in [0.717, 1.165) is 25.7 Å². The van der Waals surface area contributed by atoms with Crippen LogP contribution in [0.25, 0.3) is 0 Å². The van der Waals surface area contributed by atoms with Crippen molar-refractivity contribution in [2.24, 2.45) is 16.3 Å². The van der Waals surface area contributed by atoms with Crippen LogP contribution in [0.15, 0.2) is 41.0 Å². The van der Waals surface area contributed by atoms with E-state index in [1.54, 1.807) is 13.0 Å². The maximum Gasteiger partial charge on any atom is 0.387 e. The zero-order valence-electron chi connectivity index (χ0n) is 19.4. The van der Waals surface area contributed by atoms with E-state index in [1.807, 2.05) is 0 Å². The molecule has 1 aromatic rings. The third kappa shape index (κ3) is 7.14. The van der Waals surface area contributed by atoms with Crippen LogP contribution in [0.4, 0.5) is 8.78 Å². The van der Waals surface area contributed by atoms with E-state index in [4.69, 9.17) is 0 Å². The van der Waals surface area contributed by atoms with Crippen molar-refractivity contribution in [2.45, 2.75) is 66.0 Å². The third-order valence-electron chi connectivity index (χ3n) is 5.86. The molecule has 0 bridgehead atoms. The van der Waals surface area contributed by atoms with E-state index in [9.17, 15) is 18.4 Å². The minimum Gasteiger partial charge on any atom is -0.435 e. The standard InChI is InChI=1S/C24H33F2N3O3/c1-6-19(29-21(30)15-7-13-18(14-8-15)32-23(25)26)20(27-5)22(31)28-17-11-9-16(10-12-17)24(2,3)4/h6-8,13-14,16-17,23H,9-12H2,1-5H3,(H,28,31)(H,29,30)/b19-6+,27-20?. The number of nitrogens with zero attached hydrogens (tertiary/aromatic N) is 1. The second-order valence-electron chi connectivity index (χ2n) is 9.02. The highest BCUT2D eigenvalue weighted by Gasteiger charge is 2.31. The van der Waals surface area contributed by atoms with Gasteiger partial charge >= 0.3 is 6.61 Å². The Morgan fingerprint density at radius 2 is 1.72 bits per heavy atom. The van der Waals surface area contributed by atoms with E-state index in [1.165, 1.54) is 31.3 Å². The number of hydrogen-bond donors (Lipinski definition) is 2. The van der Waals surface area contributed by atoms with Gasteiger partial charge in [0.25, 0.3) is 11.8 Å². The summed E-state index contributed by atoms with van der Waals surface area (Å²) in [6.45, 7) is 5.51.